The number of ether oxygens (including phenoxy) is 2. The van der Waals surface area contributed by atoms with Crippen LogP contribution in [0, 0.1) is 0 Å². The van der Waals surface area contributed by atoms with Crippen molar-refractivity contribution < 1.29 is 19.1 Å². The molecule has 0 atom stereocenters. The predicted molar refractivity (Wildman–Crippen MR) is 122 cm³/mol. The van der Waals surface area contributed by atoms with Crippen LogP contribution in [0.3, 0.4) is 0 Å². The molecule has 3 aromatic rings. The van der Waals surface area contributed by atoms with Gasteiger partial charge < -0.3 is 14.8 Å². The lowest BCUT2D eigenvalue weighted by Gasteiger charge is -2.21. The average Bonchev–Trinajstić information content (AvgIpc) is 2.77. The molecule has 160 valence electrons. The minimum atomic E-state index is -0.297. The maximum Gasteiger partial charge on any atom is 0.262 e. The third-order valence-electron chi connectivity index (χ3n) is 4.86. The van der Waals surface area contributed by atoms with Crippen molar-refractivity contribution in [1.29, 1.82) is 0 Å². The van der Waals surface area contributed by atoms with Crippen molar-refractivity contribution in [3.63, 3.8) is 0 Å². The molecule has 5 heteroatoms. The molecule has 0 aromatic heterocycles. The summed E-state index contributed by atoms with van der Waals surface area (Å²) in [7, 11) is 1.57. The number of benzene rings is 3. The van der Waals surface area contributed by atoms with Gasteiger partial charge in [0.05, 0.1) is 12.8 Å². The quantitative estimate of drug-likeness (QED) is 0.534. The first kappa shape index (κ1) is 22.1. The number of ketones is 1. The van der Waals surface area contributed by atoms with E-state index >= 15 is 0 Å². The van der Waals surface area contributed by atoms with Crippen molar-refractivity contribution in [2.45, 2.75) is 26.2 Å². The number of amides is 1. The van der Waals surface area contributed by atoms with E-state index in [0.717, 1.165) is 5.56 Å². The van der Waals surface area contributed by atoms with Crippen molar-refractivity contribution in [3.8, 4) is 11.5 Å². The Morgan fingerprint density at radius 2 is 1.52 bits per heavy atom. The fraction of sp³-hybridized carbons (Fsp3) is 0.231. The van der Waals surface area contributed by atoms with Crippen LogP contribution in [0.1, 0.15) is 42.3 Å². The summed E-state index contributed by atoms with van der Waals surface area (Å²) in [4.78, 5) is 24.9. The highest BCUT2D eigenvalue weighted by molar-refractivity contribution is 6.09. The van der Waals surface area contributed by atoms with Gasteiger partial charge in [0.1, 0.15) is 11.5 Å². The Labute approximate surface area is 183 Å². The Balaban J connectivity index is 1.62. The molecule has 0 saturated heterocycles. The van der Waals surface area contributed by atoms with Gasteiger partial charge >= 0.3 is 0 Å². The normalized spacial score (nSPS) is 11.0. The summed E-state index contributed by atoms with van der Waals surface area (Å²) in [5, 5.41) is 2.85. The standard InChI is InChI=1S/C26H27NO4/c1-26(2,3)20-12-15-23(30-4)22(16-20)27-24(28)17-31-21-13-10-19(11-14-21)25(29)18-8-6-5-7-9-18/h5-16H,17H2,1-4H3,(H,27,28). The lowest BCUT2D eigenvalue weighted by Crippen LogP contribution is -2.21. The molecule has 0 aliphatic heterocycles. The van der Waals surface area contributed by atoms with Crippen LogP contribution >= 0.6 is 0 Å². The summed E-state index contributed by atoms with van der Waals surface area (Å²) >= 11 is 0. The molecule has 0 radical (unpaired) electrons. The van der Waals surface area contributed by atoms with E-state index in [1.807, 2.05) is 36.4 Å². The van der Waals surface area contributed by atoms with Crippen LogP contribution in [0.2, 0.25) is 0 Å². The highest BCUT2D eigenvalue weighted by Gasteiger charge is 2.17. The monoisotopic (exact) mass is 417 g/mol. The lowest BCUT2D eigenvalue weighted by molar-refractivity contribution is -0.118. The van der Waals surface area contributed by atoms with Crippen LogP contribution < -0.4 is 14.8 Å². The molecule has 0 aliphatic rings. The van der Waals surface area contributed by atoms with Gasteiger partial charge in [-0.1, -0.05) is 57.2 Å². The molecule has 0 unspecified atom stereocenters. The Morgan fingerprint density at radius 3 is 2.13 bits per heavy atom. The third kappa shape index (κ3) is 5.72. The molecule has 31 heavy (non-hydrogen) atoms. The molecule has 0 spiro atoms. The van der Waals surface area contributed by atoms with Gasteiger partial charge in [0.25, 0.3) is 5.91 Å². The molecule has 0 heterocycles. The number of hydrogen-bond donors (Lipinski definition) is 1. The van der Waals surface area contributed by atoms with Crippen LogP contribution in [-0.2, 0) is 10.2 Å². The molecule has 1 N–H and O–H groups in total. The van der Waals surface area contributed by atoms with E-state index in [9.17, 15) is 9.59 Å². The number of methoxy groups -OCH3 is 1. The fourth-order valence-electron chi connectivity index (χ4n) is 3.07. The number of carbonyl (C=O) groups excluding carboxylic acids is 2. The first-order chi connectivity index (χ1) is 14.8. The molecule has 1 amide bonds. The van der Waals surface area contributed by atoms with Crippen LogP contribution in [0.15, 0.2) is 72.8 Å². The van der Waals surface area contributed by atoms with Gasteiger partial charge in [0, 0.05) is 11.1 Å². The second-order valence-electron chi connectivity index (χ2n) is 8.22. The summed E-state index contributed by atoms with van der Waals surface area (Å²) < 4.78 is 10.9. The lowest BCUT2D eigenvalue weighted by atomic mass is 9.87. The Kier molecular flexibility index (Phi) is 6.75. The maximum atomic E-state index is 12.5. The van der Waals surface area contributed by atoms with Crippen molar-refractivity contribution >= 4 is 17.4 Å². The van der Waals surface area contributed by atoms with Gasteiger partial charge in [-0.15, -0.1) is 0 Å². The number of anilines is 1. The van der Waals surface area contributed by atoms with Gasteiger partial charge in [0.15, 0.2) is 12.4 Å². The zero-order chi connectivity index (χ0) is 22.4. The van der Waals surface area contributed by atoms with E-state index in [4.69, 9.17) is 9.47 Å². The van der Waals surface area contributed by atoms with Gasteiger partial charge in [-0.05, 0) is 47.4 Å². The summed E-state index contributed by atoms with van der Waals surface area (Å²) in [5.41, 5.74) is 2.82. The second kappa shape index (κ2) is 9.47. The molecule has 5 nitrogen and oxygen atoms in total. The van der Waals surface area contributed by atoms with Gasteiger partial charge in [-0.25, -0.2) is 0 Å². The minimum Gasteiger partial charge on any atom is -0.495 e. The third-order valence-corrected chi connectivity index (χ3v) is 4.86. The topological polar surface area (TPSA) is 64.6 Å². The Morgan fingerprint density at radius 1 is 0.871 bits per heavy atom. The zero-order valence-electron chi connectivity index (χ0n) is 18.3. The van der Waals surface area contributed by atoms with E-state index in [1.54, 1.807) is 43.5 Å². The Hall–Kier alpha value is -3.60. The average molecular weight is 418 g/mol. The van der Waals surface area contributed by atoms with Crippen molar-refractivity contribution in [2.24, 2.45) is 0 Å². The fourth-order valence-corrected chi connectivity index (χ4v) is 3.07. The van der Waals surface area contributed by atoms with E-state index in [1.165, 1.54) is 0 Å². The number of hydrogen-bond acceptors (Lipinski definition) is 4. The first-order valence-corrected chi connectivity index (χ1v) is 10.1. The molecule has 3 aromatic carbocycles. The van der Waals surface area contributed by atoms with Gasteiger partial charge in [-0.3, -0.25) is 9.59 Å². The van der Waals surface area contributed by atoms with Crippen LogP contribution in [-0.4, -0.2) is 25.4 Å². The van der Waals surface area contributed by atoms with Crippen molar-refractivity contribution in [1.82, 2.24) is 0 Å². The molecule has 0 saturated carbocycles. The molecule has 0 aliphatic carbocycles. The largest absolute Gasteiger partial charge is 0.495 e. The predicted octanol–water partition coefficient (Wildman–Crippen LogP) is 5.24. The smallest absolute Gasteiger partial charge is 0.262 e. The first-order valence-electron chi connectivity index (χ1n) is 10.1. The SMILES string of the molecule is COc1ccc(C(C)(C)C)cc1NC(=O)COc1ccc(C(=O)c2ccccc2)cc1. The van der Waals surface area contributed by atoms with E-state index in [2.05, 4.69) is 26.1 Å². The van der Waals surface area contributed by atoms with Crippen LogP contribution in [0.25, 0.3) is 0 Å². The number of nitrogens with one attached hydrogen (secondary N) is 1. The highest BCUT2D eigenvalue weighted by atomic mass is 16.5. The minimum absolute atomic E-state index is 0.0544. The molecule has 0 fully saturated rings. The van der Waals surface area contributed by atoms with Gasteiger partial charge in [0.2, 0.25) is 0 Å². The van der Waals surface area contributed by atoms with Gasteiger partial charge in [-0.2, -0.15) is 0 Å². The Bertz CT molecular complexity index is 1050. The van der Waals surface area contributed by atoms with Crippen LogP contribution in [0.4, 0.5) is 5.69 Å². The zero-order valence-corrected chi connectivity index (χ0v) is 18.3. The molecular weight excluding hydrogens is 390 g/mol. The van der Waals surface area contributed by atoms with E-state index < -0.39 is 0 Å². The molecule has 3 rings (SSSR count). The maximum absolute atomic E-state index is 12.5. The number of rotatable bonds is 7. The van der Waals surface area contributed by atoms with E-state index in [0.29, 0.717) is 28.3 Å². The summed E-state index contributed by atoms with van der Waals surface area (Å²) in [6.45, 7) is 6.16. The number of carbonyl (C=O) groups is 2. The summed E-state index contributed by atoms with van der Waals surface area (Å²) in [6.07, 6.45) is 0. The summed E-state index contributed by atoms with van der Waals surface area (Å²) in [5.74, 6) is 0.741. The van der Waals surface area contributed by atoms with Crippen molar-refractivity contribution in [3.05, 3.63) is 89.5 Å². The van der Waals surface area contributed by atoms with Crippen molar-refractivity contribution in [2.75, 3.05) is 19.0 Å². The molecular formula is C26H27NO4. The molecule has 0 bridgehead atoms. The second-order valence-corrected chi connectivity index (χ2v) is 8.22. The van der Waals surface area contributed by atoms with E-state index in [-0.39, 0.29) is 23.7 Å². The highest BCUT2D eigenvalue weighted by Crippen LogP contribution is 2.31. The van der Waals surface area contributed by atoms with Crippen LogP contribution in [0.5, 0.6) is 11.5 Å². The summed E-state index contributed by atoms with van der Waals surface area (Å²) in [6, 6.07) is 21.6.